The molecule has 0 saturated carbocycles. The lowest BCUT2D eigenvalue weighted by Crippen LogP contribution is -2.42. The number of carbonyl (C=O) groups excluding carboxylic acids is 2. The number of aryl methyl sites for hydroxylation is 1. The van der Waals surface area contributed by atoms with E-state index in [1.807, 2.05) is 48.5 Å². The average Bonchev–Trinajstić information content (AvgIpc) is 3.16. The molecule has 0 aromatic heterocycles. The first-order chi connectivity index (χ1) is 14.9. The van der Waals surface area contributed by atoms with E-state index < -0.39 is 23.7 Å². The number of methoxy groups -OCH3 is 2. The highest BCUT2D eigenvalue weighted by molar-refractivity contribution is 5.87. The van der Waals surface area contributed by atoms with Gasteiger partial charge in [-0.2, -0.15) is 0 Å². The van der Waals surface area contributed by atoms with Gasteiger partial charge in [-0.15, -0.1) is 0 Å². The van der Waals surface area contributed by atoms with Crippen LogP contribution in [0.25, 0.3) is 0 Å². The smallest absolute Gasteiger partial charge is 0.222 e. The molecule has 1 saturated heterocycles. The molecule has 1 aliphatic heterocycles. The maximum absolute atomic E-state index is 12.3. The molecule has 0 spiro atoms. The van der Waals surface area contributed by atoms with Crippen LogP contribution in [0.3, 0.4) is 0 Å². The van der Waals surface area contributed by atoms with E-state index >= 15 is 0 Å². The molecular formula is C24H31N3O4. The van der Waals surface area contributed by atoms with Crippen molar-refractivity contribution in [3.63, 3.8) is 0 Å². The zero-order valence-electron chi connectivity index (χ0n) is 18.1. The summed E-state index contributed by atoms with van der Waals surface area (Å²) in [4.78, 5) is 26.5. The Hall–Kier alpha value is -3.06. The number of hydrogen-bond donors (Lipinski definition) is 2. The van der Waals surface area contributed by atoms with Gasteiger partial charge in [-0.3, -0.25) is 14.5 Å². The van der Waals surface area contributed by atoms with Gasteiger partial charge in [-0.1, -0.05) is 24.3 Å². The number of hydrogen-bond acceptors (Lipinski definition) is 5. The molecule has 1 aliphatic rings. The fourth-order valence-corrected chi connectivity index (χ4v) is 4.44. The molecule has 2 aromatic carbocycles. The Morgan fingerprint density at radius 3 is 1.84 bits per heavy atom. The summed E-state index contributed by atoms with van der Waals surface area (Å²) in [5, 5.41) is 0. The molecule has 3 atom stereocenters. The summed E-state index contributed by atoms with van der Waals surface area (Å²) in [7, 11) is 3.27. The normalized spacial score (nSPS) is 21.0. The molecule has 166 valence electrons. The van der Waals surface area contributed by atoms with E-state index in [0.29, 0.717) is 19.5 Å². The zero-order valence-corrected chi connectivity index (χ0v) is 18.1. The molecule has 1 heterocycles. The van der Waals surface area contributed by atoms with Gasteiger partial charge in [-0.25, -0.2) is 0 Å². The monoisotopic (exact) mass is 425 g/mol. The van der Waals surface area contributed by atoms with Gasteiger partial charge in [0.25, 0.3) is 0 Å². The number of likely N-dealkylation sites (tertiary alicyclic amines) is 1. The van der Waals surface area contributed by atoms with E-state index in [0.717, 1.165) is 35.5 Å². The van der Waals surface area contributed by atoms with Gasteiger partial charge in [0, 0.05) is 19.1 Å². The fraction of sp³-hybridized carbons (Fsp3) is 0.417. The molecule has 7 heteroatoms. The van der Waals surface area contributed by atoms with Gasteiger partial charge in [0.15, 0.2) is 0 Å². The van der Waals surface area contributed by atoms with E-state index in [-0.39, 0.29) is 6.04 Å². The van der Waals surface area contributed by atoms with Crippen molar-refractivity contribution in [2.75, 3.05) is 27.3 Å². The largest absolute Gasteiger partial charge is 0.497 e. The maximum atomic E-state index is 12.3. The molecule has 7 nitrogen and oxygen atoms in total. The molecule has 3 rings (SSSR count). The second-order valence-electron chi connectivity index (χ2n) is 7.98. The Labute approximate surface area is 183 Å². The first-order valence-electron chi connectivity index (χ1n) is 10.5. The SMILES string of the molecule is COc1ccc(CCC2C(C(N)=O)C(C(N)=O)CN2CCc2ccc(OC)cc2)cc1. The van der Waals surface area contributed by atoms with Gasteiger partial charge in [0.1, 0.15) is 11.5 Å². The lowest BCUT2D eigenvalue weighted by molar-refractivity contribution is -0.130. The Balaban J connectivity index is 1.73. The summed E-state index contributed by atoms with van der Waals surface area (Å²) in [5.74, 6) is -0.457. The molecular weight excluding hydrogens is 394 g/mol. The van der Waals surface area contributed by atoms with Crippen molar-refractivity contribution in [2.24, 2.45) is 23.3 Å². The lowest BCUT2D eigenvalue weighted by Gasteiger charge is -2.27. The standard InChI is InChI=1S/C24H31N3O4/c1-30-18-8-3-16(4-9-18)7-12-21-22(24(26)29)20(23(25)28)15-27(21)14-13-17-5-10-19(31-2)11-6-17/h3-6,8-11,20-22H,7,12-15H2,1-2H3,(H2,25,28)(H2,26,29). The third-order valence-corrected chi connectivity index (χ3v) is 6.18. The quantitative estimate of drug-likeness (QED) is 0.603. The summed E-state index contributed by atoms with van der Waals surface area (Å²) in [5.41, 5.74) is 13.6. The van der Waals surface area contributed by atoms with Gasteiger partial charge in [0.2, 0.25) is 11.8 Å². The minimum absolute atomic E-state index is 0.129. The number of nitrogens with zero attached hydrogens (tertiary/aromatic N) is 1. The first-order valence-corrected chi connectivity index (χ1v) is 10.5. The summed E-state index contributed by atoms with van der Waals surface area (Å²) in [6.45, 7) is 1.17. The van der Waals surface area contributed by atoms with Crippen molar-refractivity contribution in [2.45, 2.75) is 25.3 Å². The van der Waals surface area contributed by atoms with E-state index in [4.69, 9.17) is 20.9 Å². The van der Waals surface area contributed by atoms with Crippen molar-refractivity contribution < 1.29 is 19.1 Å². The Morgan fingerprint density at radius 1 is 0.871 bits per heavy atom. The summed E-state index contributed by atoms with van der Waals surface area (Å²) in [6.07, 6.45) is 2.27. The highest BCUT2D eigenvalue weighted by atomic mass is 16.5. The number of ether oxygens (including phenoxy) is 2. The molecule has 2 aromatic rings. The van der Waals surface area contributed by atoms with Crippen LogP contribution in [-0.2, 0) is 22.4 Å². The Morgan fingerprint density at radius 2 is 1.39 bits per heavy atom. The predicted octanol–water partition coefficient (Wildman–Crippen LogP) is 1.77. The highest BCUT2D eigenvalue weighted by Crippen LogP contribution is 2.33. The van der Waals surface area contributed by atoms with Crippen molar-refractivity contribution >= 4 is 11.8 Å². The van der Waals surface area contributed by atoms with Crippen LogP contribution in [0.15, 0.2) is 48.5 Å². The number of amides is 2. The topological polar surface area (TPSA) is 108 Å². The molecule has 0 bridgehead atoms. The summed E-state index contributed by atoms with van der Waals surface area (Å²) < 4.78 is 10.4. The van der Waals surface area contributed by atoms with Crippen LogP contribution >= 0.6 is 0 Å². The summed E-state index contributed by atoms with van der Waals surface area (Å²) >= 11 is 0. The second kappa shape index (κ2) is 10.3. The van der Waals surface area contributed by atoms with Gasteiger partial charge in [0.05, 0.1) is 26.1 Å². The predicted molar refractivity (Wildman–Crippen MR) is 119 cm³/mol. The Kier molecular flexibility index (Phi) is 7.52. The molecule has 3 unspecified atom stereocenters. The van der Waals surface area contributed by atoms with Crippen molar-refractivity contribution in [3.8, 4) is 11.5 Å². The maximum Gasteiger partial charge on any atom is 0.222 e. The van der Waals surface area contributed by atoms with Crippen LogP contribution < -0.4 is 20.9 Å². The number of benzene rings is 2. The van der Waals surface area contributed by atoms with E-state index in [1.165, 1.54) is 0 Å². The summed E-state index contributed by atoms with van der Waals surface area (Å²) in [6, 6.07) is 15.7. The Bertz CT molecular complexity index is 883. The van der Waals surface area contributed by atoms with E-state index in [2.05, 4.69) is 4.90 Å². The van der Waals surface area contributed by atoms with Crippen LogP contribution in [0, 0.1) is 11.8 Å². The third kappa shape index (κ3) is 5.55. The van der Waals surface area contributed by atoms with Crippen LogP contribution in [0.2, 0.25) is 0 Å². The second-order valence-corrected chi connectivity index (χ2v) is 7.98. The number of nitrogens with two attached hydrogens (primary N) is 2. The van der Waals surface area contributed by atoms with E-state index in [9.17, 15) is 9.59 Å². The van der Waals surface area contributed by atoms with Gasteiger partial charge >= 0.3 is 0 Å². The molecule has 1 fully saturated rings. The third-order valence-electron chi connectivity index (χ3n) is 6.18. The number of carbonyl (C=O) groups is 2. The first kappa shape index (κ1) is 22.6. The fourth-order valence-electron chi connectivity index (χ4n) is 4.44. The molecule has 0 radical (unpaired) electrons. The average molecular weight is 426 g/mol. The van der Waals surface area contributed by atoms with Crippen LogP contribution in [0.1, 0.15) is 17.5 Å². The molecule has 31 heavy (non-hydrogen) atoms. The molecule has 0 aliphatic carbocycles. The van der Waals surface area contributed by atoms with Crippen molar-refractivity contribution in [1.82, 2.24) is 4.90 Å². The minimum Gasteiger partial charge on any atom is -0.497 e. The van der Waals surface area contributed by atoms with Crippen LogP contribution in [-0.4, -0.2) is 50.1 Å². The van der Waals surface area contributed by atoms with Crippen LogP contribution in [0.4, 0.5) is 0 Å². The minimum atomic E-state index is -0.577. The molecule has 4 N–H and O–H groups in total. The van der Waals surface area contributed by atoms with E-state index in [1.54, 1.807) is 14.2 Å². The van der Waals surface area contributed by atoms with Gasteiger partial charge in [-0.05, 0) is 54.7 Å². The molecule has 2 amide bonds. The zero-order chi connectivity index (χ0) is 22.4. The highest BCUT2D eigenvalue weighted by Gasteiger charge is 2.46. The number of rotatable bonds is 10. The van der Waals surface area contributed by atoms with Crippen molar-refractivity contribution in [3.05, 3.63) is 59.7 Å². The number of primary amides is 2. The van der Waals surface area contributed by atoms with Crippen molar-refractivity contribution in [1.29, 1.82) is 0 Å². The lowest BCUT2D eigenvalue weighted by atomic mass is 9.86. The van der Waals surface area contributed by atoms with Crippen LogP contribution in [0.5, 0.6) is 11.5 Å². The van der Waals surface area contributed by atoms with Gasteiger partial charge < -0.3 is 20.9 Å².